The summed E-state index contributed by atoms with van der Waals surface area (Å²) in [6, 6.07) is 8.21. The first-order valence-electron chi connectivity index (χ1n) is 16.5. The minimum atomic E-state index is -0.844. The highest BCUT2D eigenvalue weighted by molar-refractivity contribution is 6.70. The predicted molar refractivity (Wildman–Crippen MR) is 167 cm³/mol. The van der Waals surface area contributed by atoms with Crippen molar-refractivity contribution in [2.45, 2.75) is 124 Å². The van der Waals surface area contributed by atoms with Gasteiger partial charge in [-0.2, -0.15) is 0 Å². The second-order valence-corrected chi connectivity index (χ2v) is 18.3. The number of rotatable bonds is 8. The van der Waals surface area contributed by atoms with Crippen molar-refractivity contribution in [1.82, 2.24) is 0 Å². The fourth-order valence-corrected chi connectivity index (χ4v) is 10.9. The van der Waals surface area contributed by atoms with E-state index >= 15 is 0 Å². The second-order valence-electron chi connectivity index (χ2n) is 15.3. The molecule has 3 heteroatoms. The van der Waals surface area contributed by atoms with Gasteiger partial charge in [0.05, 0.1) is 14.4 Å². The summed E-state index contributed by atoms with van der Waals surface area (Å²) in [5.74, 6) is 5.05. The van der Waals surface area contributed by atoms with E-state index in [1.54, 1.807) is 5.57 Å². The number of esters is 1. The van der Waals surface area contributed by atoms with Gasteiger partial charge >= 0.3 is 5.97 Å². The molecular weight excluding hydrogens is 492 g/mol. The first kappa shape index (κ1) is 29.1. The Morgan fingerprint density at radius 2 is 1.72 bits per heavy atom. The molecule has 3 saturated carbocycles. The molecule has 0 aliphatic heterocycles. The summed E-state index contributed by atoms with van der Waals surface area (Å²) in [4.78, 5) is 13.0. The molecule has 39 heavy (non-hydrogen) atoms. The van der Waals surface area contributed by atoms with Gasteiger partial charge in [-0.3, -0.25) is 0 Å². The minimum Gasteiger partial charge on any atom is -0.458 e. The van der Waals surface area contributed by atoms with Crippen molar-refractivity contribution in [2.75, 3.05) is 0 Å². The van der Waals surface area contributed by atoms with Crippen LogP contribution in [0.2, 0.25) is 13.1 Å². The van der Waals surface area contributed by atoms with Gasteiger partial charge in [0.15, 0.2) is 0 Å². The SMILES string of the molecule is CC(C)CCC[C@@H](C)[C@H]1CCC2C3CC=C4CC(OC(=O)c5ccc([SiH](C)C)cc5)CC[C@]4(C)C3CC[C@@]21C. The monoisotopic (exact) mass is 548 g/mol. The van der Waals surface area contributed by atoms with Crippen LogP contribution in [0.25, 0.3) is 0 Å². The Kier molecular flexibility index (Phi) is 8.59. The van der Waals surface area contributed by atoms with Gasteiger partial charge in [-0.15, -0.1) is 0 Å². The molecule has 0 N–H and O–H groups in total. The first-order valence-corrected chi connectivity index (χ1v) is 19.4. The fourth-order valence-electron chi connectivity index (χ4n) is 9.98. The van der Waals surface area contributed by atoms with Gasteiger partial charge in [0.1, 0.15) is 6.10 Å². The van der Waals surface area contributed by atoms with Gasteiger partial charge in [0.25, 0.3) is 0 Å². The molecule has 4 aliphatic rings. The van der Waals surface area contributed by atoms with Crippen molar-refractivity contribution >= 4 is 20.0 Å². The highest BCUT2D eigenvalue weighted by atomic mass is 28.3. The van der Waals surface area contributed by atoms with E-state index in [4.69, 9.17) is 4.74 Å². The standard InChI is InChI=1S/C36H56O2Si/c1-24(2)9-8-10-25(3)31-17-18-32-30-16-13-27-23-28(19-21-35(27,4)33(30)20-22-36(31,32)5)38-34(37)26-11-14-29(15-12-26)39(6)7/h11-15,24-25,28,30-33,39H,8-10,16-23H2,1-7H3/t25-,28?,30?,31-,32?,33?,35+,36-/m1/s1. The summed E-state index contributed by atoms with van der Waals surface area (Å²) in [7, 11) is -0.844. The number of allylic oxidation sites excluding steroid dienone is 1. The van der Waals surface area contributed by atoms with E-state index in [0.717, 1.165) is 48.3 Å². The lowest BCUT2D eigenvalue weighted by atomic mass is 9.47. The smallest absolute Gasteiger partial charge is 0.338 e. The van der Waals surface area contributed by atoms with E-state index in [1.807, 2.05) is 12.1 Å². The third-order valence-electron chi connectivity index (χ3n) is 12.3. The Balaban J connectivity index is 1.23. The molecule has 3 fully saturated rings. The van der Waals surface area contributed by atoms with Gasteiger partial charge < -0.3 is 4.74 Å². The lowest BCUT2D eigenvalue weighted by molar-refractivity contribution is -0.0594. The number of ether oxygens (including phenoxy) is 1. The Bertz CT molecular complexity index is 1040. The van der Waals surface area contributed by atoms with E-state index in [-0.39, 0.29) is 12.1 Å². The molecule has 1 aromatic carbocycles. The molecular formula is C36H56O2Si. The van der Waals surface area contributed by atoms with Crippen LogP contribution >= 0.6 is 0 Å². The number of hydrogen-bond acceptors (Lipinski definition) is 2. The average Bonchev–Trinajstić information content (AvgIpc) is 3.26. The summed E-state index contributed by atoms with van der Waals surface area (Å²) in [6.45, 7) is 17.2. The first-order chi connectivity index (χ1) is 18.5. The van der Waals surface area contributed by atoms with Crippen LogP contribution in [0.4, 0.5) is 0 Å². The molecule has 0 aromatic heterocycles. The Morgan fingerprint density at radius 1 is 0.974 bits per heavy atom. The van der Waals surface area contributed by atoms with Crippen LogP contribution in [0.1, 0.15) is 116 Å². The maximum Gasteiger partial charge on any atom is 0.338 e. The molecule has 4 unspecified atom stereocenters. The molecule has 4 aliphatic carbocycles. The minimum absolute atomic E-state index is 0.0314. The summed E-state index contributed by atoms with van der Waals surface area (Å²) >= 11 is 0. The Morgan fingerprint density at radius 3 is 2.41 bits per heavy atom. The lowest BCUT2D eigenvalue weighted by Crippen LogP contribution is -2.51. The van der Waals surface area contributed by atoms with Crippen LogP contribution in [0.15, 0.2) is 35.9 Å². The molecule has 0 heterocycles. The zero-order valence-electron chi connectivity index (χ0n) is 26.1. The zero-order valence-corrected chi connectivity index (χ0v) is 27.3. The van der Waals surface area contributed by atoms with E-state index < -0.39 is 8.80 Å². The topological polar surface area (TPSA) is 26.3 Å². The summed E-state index contributed by atoms with van der Waals surface area (Å²) in [5, 5.41) is 1.40. The third kappa shape index (κ3) is 5.60. The zero-order chi connectivity index (χ0) is 27.9. The molecule has 216 valence electrons. The molecule has 0 saturated heterocycles. The maximum absolute atomic E-state index is 13.0. The lowest BCUT2D eigenvalue weighted by Gasteiger charge is -2.58. The number of benzene rings is 1. The van der Waals surface area contributed by atoms with E-state index in [9.17, 15) is 4.79 Å². The number of carbonyl (C=O) groups excluding carboxylic acids is 1. The quantitative estimate of drug-likeness (QED) is 0.184. The van der Waals surface area contributed by atoms with Gasteiger partial charge in [-0.1, -0.05) is 95.9 Å². The van der Waals surface area contributed by atoms with E-state index in [1.165, 1.54) is 63.0 Å². The Labute approximate surface area is 241 Å². The second kappa shape index (κ2) is 11.5. The normalized spacial score (nSPS) is 36.6. The molecule has 0 radical (unpaired) electrons. The van der Waals surface area contributed by atoms with Crippen LogP contribution < -0.4 is 5.19 Å². The summed E-state index contributed by atoms with van der Waals surface area (Å²) in [6.07, 6.45) is 17.0. The van der Waals surface area contributed by atoms with Crippen molar-refractivity contribution < 1.29 is 9.53 Å². The van der Waals surface area contributed by atoms with Gasteiger partial charge in [0, 0.05) is 6.42 Å². The molecule has 1 aromatic rings. The largest absolute Gasteiger partial charge is 0.458 e. The van der Waals surface area contributed by atoms with Crippen LogP contribution in [-0.2, 0) is 4.74 Å². The van der Waals surface area contributed by atoms with Crippen LogP contribution in [0, 0.1) is 46.3 Å². The van der Waals surface area contributed by atoms with Crippen molar-refractivity contribution in [2.24, 2.45) is 46.3 Å². The van der Waals surface area contributed by atoms with Crippen molar-refractivity contribution in [1.29, 1.82) is 0 Å². The Hall–Kier alpha value is -1.35. The molecule has 8 atom stereocenters. The van der Waals surface area contributed by atoms with Crippen LogP contribution in [0.3, 0.4) is 0 Å². The fraction of sp³-hybridized carbons (Fsp3) is 0.750. The third-order valence-corrected chi connectivity index (χ3v) is 14.1. The summed E-state index contributed by atoms with van der Waals surface area (Å²) in [5.41, 5.74) is 3.16. The molecule has 0 amide bonds. The van der Waals surface area contributed by atoms with Gasteiger partial charge in [-0.05, 0) is 103 Å². The van der Waals surface area contributed by atoms with Gasteiger partial charge in [0.2, 0.25) is 0 Å². The van der Waals surface area contributed by atoms with Crippen LogP contribution in [0.5, 0.6) is 0 Å². The molecule has 2 nitrogen and oxygen atoms in total. The maximum atomic E-state index is 13.0. The molecule has 0 bridgehead atoms. The highest BCUT2D eigenvalue weighted by Gasteiger charge is 2.59. The molecule has 0 spiro atoms. The van der Waals surface area contributed by atoms with Gasteiger partial charge in [-0.25, -0.2) is 4.79 Å². The molecule has 5 rings (SSSR count). The highest BCUT2D eigenvalue weighted by Crippen LogP contribution is 2.67. The summed E-state index contributed by atoms with van der Waals surface area (Å²) < 4.78 is 6.11. The van der Waals surface area contributed by atoms with E-state index in [2.05, 4.69) is 65.9 Å². The van der Waals surface area contributed by atoms with Crippen molar-refractivity contribution in [3.8, 4) is 0 Å². The van der Waals surface area contributed by atoms with Crippen molar-refractivity contribution in [3.05, 3.63) is 41.5 Å². The number of carbonyl (C=O) groups is 1. The predicted octanol–water partition coefficient (Wildman–Crippen LogP) is 8.95. The van der Waals surface area contributed by atoms with E-state index in [0.29, 0.717) is 16.4 Å². The number of fused-ring (bicyclic) bond motifs is 5. The van der Waals surface area contributed by atoms with Crippen molar-refractivity contribution in [3.63, 3.8) is 0 Å². The van der Waals surface area contributed by atoms with Crippen LogP contribution in [-0.4, -0.2) is 20.9 Å². The average molecular weight is 549 g/mol. The number of hydrogen-bond donors (Lipinski definition) is 0.